The number of hydrogen-bond acceptors (Lipinski definition) is 6. The Morgan fingerprint density at radius 3 is 2.66 bits per heavy atom. The van der Waals surface area contributed by atoms with Gasteiger partial charge in [0.2, 0.25) is 0 Å². The summed E-state index contributed by atoms with van der Waals surface area (Å²) in [5.41, 5.74) is 2.60. The Morgan fingerprint density at radius 1 is 1.22 bits per heavy atom. The molecule has 0 atom stereocenters. The fourth-order valence-corrected chi connectivity index (χ4v) is 5.39. The third kappa shape index (κ3) is 4.11. The first-order valence-electron chi connectivity index (χ1n) is 11.0. The van der Waals surface area contributed by atoms with Crippen molar-refractivity contribution in [3.05, 3.63) is 57.1 Å². The summed E-state index contributed by atoms with van der Waals surface area (Å²) in [5, 5.41) is 1.17. The van der Waals surface area contributed by atoms with Crippen molar-refractivity contribution in [2.75, 3.05) is 12.4 Å². The maximum atomic E-state index is 13.3. The van der Waals surface area contributed by atoms with Crippen LogP contribution in [0.15, 0.2) is 34.2 Å². The predicted molar refractivity (Wildman–Crippen MR) is 125 cm³/mol. The first-order chi connectivity index (χ1) is 15.4. The first-order valence-corrected chi connectivity index (χ1v) is 11.9. The van der Waals surface area contributed by atoms with Crippen molar-refractivity contribution in [2.45, 2.75) is 57.7 Å². The maximum Gasteiger partial charge on any atom is 0.340 e. The van der Waals surface area contributed by atoms with Crippen LogP contribution in [0.4, 0.5) is 0 Å². The van der Waals surface area contributed by atoms with Crippen LogP contribution in [0.2, 0.25) is 0 Å². The van der Waals surface area contributed by atoms with Gasteiger partial charge in [0.25, 0.3) is 5.56 Å². The number of ether oxygens (including phenoxy) is 1. The van der Waals surface area contributed by atoms with Crippen LogP contribution in [0.1, 0.15) is 70.8 Å². The standard InChI is InChI=1S/C24H27N3O4S/c1-4-31-23(30)20-14(2)21(25-15(20)3)19(28)13-32-24-26-18-12-8-7-11-17(18)22(29)27(24)16-9-5-6-10-16/h7-8,11-12,16,25H,4-6,9-10,13H2,1-3H3. The van der Waals surface area contributed by atoms with Gasteiger partial charge in [-0.25, -0.2) is 9.78 Å². The monoisotopic (exact) mass is 453 g/mol. The van der Waals surface area contributed by atoms with E-state index in [1.165, 1.54) is 11.8 Å². The number of H-pyrrole nitrogens is 1. The number of nitrogens with zero attached hydrogens (tertiary/aromatic N) is 2. The minimum absolute atomic E-state index is 0.0473. The third-order valence-electron chi connectivity index (χ3n) is 5.99. The molecule has 0 unspecified atom stereocenters. The van der Waals surface area contributed by atoms with Crippen molar-refractivity contribution in [2.24, 2.45) is 0 Å². The number of rotatable bonds is 7. The molecule has 0 saturated heterocycles. The van der Waals surface area contributed by atoms with Gasteiger partial charge >= 0.3 is 5.97 Å². The molecular weight excluding hydrogens is 426 g/mol. The molecule has 4 rings (SSSR count). The maximum absolute atomic E-state index is 13.3. The summed E-state index contributed by atoms with van der Waals surface area (Å²) in [6, 6.07) is 7.44. The van der Waals surface area contributed by atoms with E-state index >= 15 is 0 Å². The fraction of sp³-hybridized carbons (Fsp3) is 0.417. The number of ketones is 1. The molecule has 1 aliphatic carbocycles. The van der Waals surface area contributed by atoms with E-state index in [1.807, 2.05) is 18.2 Å². The van der Waals surface area contributed by atoms with Crippen LogP contribution in [0, 0.1) is 13.8 Å². The second-order valence-electron chi connectivity index (χ2n) is 8.08. The Bertz CT molecular complexity index is 1240. The molecule has 1 saturated carbocycles. The van der Waals surface area contributed by atoms with Crippen molar-refractivity contribution in [1.29, 1.82) is 0 Å². The zero-order valence-electron chi connectivity index (χ0n) is 18.6. The normalized spacial score (nSPS) is 14.2. The lowest BCUT2D eigenvalue weighted by Crippen LogP contribution is -2.26. The predicted octanol–water partition coefficient (Wildman–Crippen LogP) is 4.61. The highest BCUT2D eigenvalue weighted by atomic mass is 32.2. The van der Waals surface area contributed by atoms with E-state index in [0.717, 1.165) is 25.7 Å². The molecule has 168 valence electrons. The molecule has 1 aromatic carbocycles. The van der Waals surface area contributed by atoms with Gasteiger partial charge in [0.1, 0.15) is 0 Å². The summed E-state index contributed by atoms with van der Waals surface area (Å²) in [7, 11) is 0. The van der Waals surface area contributed by atoms with Crippen molar-refractivity contribution >= 4 is 34.4 Å². The number of benzene rings is 1. The lowest BCUT2D eigenvalue weighted by Gasteiger charge is -2.18. The minimum Gasteiger partial charge on any atom is -0.462 e. The average molecular weight is 454 g/mol. The molecule has 2 aromatic heterocycles. The molecule has 0 amide bonds. The number of aryl methyl sites for hydroxylation is 1. The van der Waals surface area contributed by atoms with E-state index in [1.54, 1.807) is 31.4 Å². The summed E-state index contributed by atoms with van der Waals surface area (Å²) in [4.78, 5) is 46.3. The van der Waals surface area contributed by atoms with Crippen LogP contribution in [-0.2, 0) is 4.74 Å². The summed E-state index contributed by atoms with van der Waals surface area (Å²) < 4.78 is 6.90. The number of para-hydroxylation sites is 1. The number of aromatic amines is 1. The van der Waals surface area contributed by atoms with Crippen LogP contribution >= 0.6 is 11.8 Å². The molecule has 1 N–H and O–H groups in total. The molecule has 0 bridgehead atoms. The van der Waals surface area contributed by atoms with Crippen LogP contribution < -0.4 is 5.56 Å². The lowest BCUT2D eigenvalue weighted by molar-refractivity contribution is 0.0525. The first kappa shape index (κ1) is 22.3. The van der Waals surface area contributed by atoms with Gasteiger partial charge in [0, 0.05) is 11.7 Å². The molecule has 0 radical (unpaired) electrons. The zero-order chi connectivity index (χ0) is 22.8. The SMILES string of the molecule is CCOC(=O)c1c(C)[nH]c(C(=O)CSc2nc3ccccc3c(=O)n2C2CCCC2)c1C. The Hall–Kier alpha value is -2.87. The number of Topliss-reactive ketones (excluding diaryl/α,β-unsaturated/α-hetero) is 1. The number of nitrogens with one attached hydrogen (secondary N) is 1. The van der Waals surface area contributed by atoms with Gasteiger partial charge < -0.3 is 9.72 Å². The van der Waals surface area contributed by atoms with E-state index in [2.05, 4.69) is 4.98 Å². The topological polar surface area (TPSA) is 94.1 Å². The minimum atomic E-state index is -0.434. The van der Waals surface area contributed by atoms with Crippen LogP contribution in [0.5, 0.6) is 0 Å². The zero-order valence-corrected chi connectivity index (χ0v) is 19.4. The molecular formula is C24H27N3O4S. The highest BCUT2D eigenvalue weighted by Gasteiger charge is 2.26. The summed E-state index contributed by atoms with van der Waals surface area (Å²) in [6.07, 6.45) is 4.06. The summed E-state index contributed by atoms with van der Waals surface area (Å²) in [6.45, 7) is 5.52. The number of fused-ring (bicyclic) bond motifs is 1. The second-order valence-corrected chi connectivity index (χ2v) is 9.02. The van der Waals surface area contributed by atoms with E-state index in [4.69, 9.17) is 9.72 Å². The largest absolute Gasteiger partial charge is 0.462 e. The van der Waals surface area contributed by atoms with Crippen molar-refractivity contribution < 1.29 is 14.3 Å². The fourth-order valence-electron chi connectivity index (χ4n) is 4.45. The summed E-state index contributed by atoms with van der Waals surface area (Å²) in [5.74, 6) is -0.469. The highest BCUT2D eigenvalue weighted by molar-refractivity contribution is 7.99. The van der Waals surface area contributed by atoms with E-state index in [0.29, 0.717) is 38.6 Å². The van der Waals surface area contributed by atoms with Crippen molar-refractivity contribution in [1.82, 2.24) is 14.5 Å². The van der Waals surface area contributed by atoms with E-state index in [9.17, 15) is 14.4 Å². The second kappa shape index (κ2) is 9.32. The van der Waals surface area contributed by atoms with E-state index in [-0.39, 0.29) is 29.7 Å². The molecule has 3 aromatic rings. The Labute approximate surface area is 190 Å². The number of carbonyl (C=O) groups excluding carboxylic acids is 2. The molecule has 0 spiro atoms. The van der Waals surface area contributed by atoms with Crippen molar-refractivity contribution in [3.8, 4) is 0 Å². The van der Waals surface area contributed by atoms with Gasteiger partial charge in [0.15, 0.2) is 10.9 Å². The van der Waals surface area contributed by atoms with Crippen LogP contribution in [0.3, 0.4) is 0 Å². The number of hydrogen-bond donors (Lipinski definition) is 1. The van der Waals surface area contributed by atoms with Gasteiger partial charge in [-0.3, -0.25) is 14.2 Å². The number of aromatic nitrogens is 3. The summed E-state index contributed by atoms with van der Waals surface area (Å²) >= 11 is 1.27. The van der Waals surface area contributed by atoms with Gasteiger partial charge in [0.05, 0.1) is 34.5 Å². The molecule has 1 aliphatic rings. The van der Waals surface area contributed by atoms with Gasteiger partial charge in [-0.1, -0.05) is 36.7 Å². The molecule has 0 aliphatic heterocycles. The number of carbonyl (C=O) groups is 2. The smallest absolute Gasteiger partial charge is 0.340 e. The van der Waals surface area contributed by atoms with E-state index < -0.39 is 5.97 Å². The molecule has 8 heteroatoms. The quantitative estimate of drug-likeness (QED) is 0.243. The lowest BCUT2D eigenvalue weighted by atomic mass is 10.1. The number of thioether (sulfide) groups is 1. The van der Waals surface area contributed by atoms with Gasteiger partial charge in [-0.2, -0.15) is 0 Å². The highest BCUT2D eigenvalue weighted by Crippen LogP contribution is 2.32. The molecule has 7 nitrogen and oxygen atoms in total. The third-order valence-corrected chi connectivity index (χ3v) is 6.95. The molecule has 32 heavy (non-hydrogen) atoms. The van der Waals surface area contributed by atoms with Gasteiger partial charge in [-0.15, -0.1) is 0 Å². The Balaban J connectivity index is 1.64. The van der Waals surface area contributed by atoms with Crippen LogP contribution in [-0.4, -0.2) is 38.6 Å². The van der Waals surface area contributed by atoms with Crippen molar-refractivity contribution in [3.63, 3.8) is 0 Å². The Morgan fingerprint density at radius 2 is 1.94 bits per heavy atom. The Kier molecular flexibility index (Phi) is 6.50. The molecule has 2 heterocycles. The molecule has 1 fully saturated rings. The van der Waals surface area contributed by atoms with Crippen LogP contribution in [0.25, 0.3) is 10.9 Å². The number of esters is 1. The van der Waals surface area contributed by atoms with Gasteiger partial charge in [-0.05, 0) is 51.3 Å². The average Bonchev–Trinajstić information content (AvgIpc) is 3.40.